The molecule has 8 heteroatoms. The van der Waals surface area contributed by atoms with Crippen molar-refractivity contribution in [2.75, 3.05) is 0 Å². The van der Waals surface area contributed by atoms with Gasteiger partial charge in [-0.25, -0.2) is 18.4 Å². The Bertz CT molecular complexity index is 740. The molecule has 2 heterocycles. The minimum absolute atomic E-state index is 0.0626. The molecular weight excluding hydrogens is 309 g/mol. The number of hydrogen-bond acceptors (Lipinski definition) is 4. The summed E-state index contributed by atoms with van der Waals surface area (Å²) in [4.78, 5) is 8.50. The van der Waals surface area contributed by atoms with Gasteiger partial charge in [0.2, 0.25) is 0 Å². The molecule has 0 spiro atoms. The first-order valence-corrected chi connectivity index (χ1v) is 8.41. The van der Waals surface area contributed by atoms with Crippen molar-refractivity contribution in [2.24, 2.45) is 7.05 Å². The lowest BCUT2D eigenvalue weighted by molar-refractivity contribution is 0.610. The first kappa shape index (κ1) is 14.6. The quantitative estimate of drug-likeness (QED) is 0.643. The molecule has 2 aromatic heterocycles. The molecule has 0 saturated carbocycles. The predicted molar refractivity (Wildman–Crippen MR) is 75.3 cm³/mol. The Morgan fingerprint density at radius 1 is 1.42 bits per heavy atom. The smallest absolute Gasteiger partial charge is 0.263 e. The van der Waals surface area contributed by atoms with Crippen molar-refractivity contribution < 1.29 is 8.42 Å². The third-order valence-corrected chi connectivity index (χ3v) is 4.68. The van der Waals surface area contributed by atoms with Crippen molar-refractivity contribution in [1.29, 1.82) is 0 Å². The highest BCUT2D eigenvalue weighted by Crippen LogP contribution is 2.32. The van der Waals surface area contributed by atoms with E-state index in [-0.39, 0.29) is 21.4 Å². The normalized spacial score (nSPS) is 13.9. The van der Waals surface area contributed by atoms with E-state index in [1.165, 1.54) is 6.20 Å². The third-order valence-electron chi connectivity index (χ3n) is 3.07. The van der Waals surface area contributed by atoms with Crippen molar-refractivity contribution in [1.82, 2.24) is 14.5 Å². The Morgan fingerprint density at radius 3 is 2.58 bits per heavy atom. The SMILES string of the molecule is CC[C@@H](C)c1nc(Cl)c2c(S(=O)(=O)Cl)cn(C)c2n1. The highest BCUT2D eigenvalue weighted by molar-refractivity contribution is 8.14. The molecule has 5 nitrogen and oxygen atoms in total. The summed E-state index contributed by atoms with van der Waals surface area (Å²) in [6.45, 7) is 4.01. The van der Waals surface area contributed by atoms with Crippen LogP contribution in [0.15, 0.2) is 11.1 Å². The molecule has 0 bridgehead atoms. The molecule has 0 fully saturated rings. The minimum Gasteiger partial charge on any atom is -0.334 e. The van der Waals surface area contributed by atoms with Gasteiger partial charge < -0.3 is 4.57 Å². The minimum atomic E-state index is -3.88. The van der Waals surface area contributed by atoms with Gasteiger partial charge in [-0.2, -0.15) is 0 Å². The predicted octanol–water partition coefficient (Wildman–Crippen LogP) is 3.06. The fraction of sp³-hybridized carbons (Fsp3) is 0.455. The zero-order valence-corrected chi connectivity index (χ0v) is 13.0. The summed E-state index contributed by atoms with van der Waals surface area (Å²) in [5.74, 6) is 0.743. The van der Waals surface area contributed by atoms with Gasteiger partial charge in [0.25, 0.3) is 9.05 Å². The van der Waals surface area contributed by atoms with E-state index in [1.807, 2.05) is 13.8 Å². The first-order chi connectivity index (χ1) is 8.75. The van der Waals surface area contributed by atoms with Crippen LogP contribution in [-0.2, 0) is 16.1 Å². The van der Waals surface area contributed by atoms with E-state index < -0.39 is 9.05 Å². The van der Waals surface area contributed by atoms with Gasteiger partial charge in [0.05, 0.1) is 5.39 Å². The summed E-state index contributed by atoms with van der Waals surface area (Å²) >= 11 is 6.10. The average Bonchev–Trinajstić information content (AvgIpc) is 2.66. The van der Waals surface area contributed by atoms with Gasteiger partial charge in [-0.15, -0.1) is 0 Å². The standard InChI is InChI=1S/C11H13Cl2N3O2S/c1-4-6(2)10-14-9(12)8-7(19(13,17)18)5-16(3)11(8)15-10/h5-6H,4H2,1-3H3/t6-/m1/s1. The van der Waals surface area contributed by atoms with E-state index in [0.29, 0.717) is 11.5 Å². The van der Waals surface area contributed by atoms with Crippen molar-refractivity contribution in [2.45, 2.75) is 31.1 Å². The van der Waals surface area contributed by atoms with Crippen molar-refractivity contribution in [3.05, 3.63) is 17.2 Å². The van der Waals surface area contributed by atoms with Crippen LogP contribution in [0, 0.1) is 0 Å². The molecule has 0 aliphatic rings. The summed E-state index contributed by atoms with van der Waals surface area (Å²) in [6, 6.07) is 0. The highest BCUT2D eigenvalue weighted by Gasteiger charge is 2.23. The van der Waals surface area contributed by atoms with Crippen LogP contribution in [-0.4, -0.2) is 23.0 Å². The largest absolute Gasteiger partial charge is 0.334 e. The summed E-state index contributed by atoms with van der Waals surface area (Å²) in [5.41, 5.74) is 0.467. The van der Waals surface area contributed by atoms with Crippen LogP contribution in [0.4, 0.5) is 0 Å². The van der Waals surface area contributed by atoms with Crippen LogP contribution in [0.1, 0.15) is 32.0 Å². The van der Waals surface area contributed by atoms with E-state index in [1.54, 1.807) is 11.6 Å². The molecule has 2 rings (SSSR count). The van der Waals surface area contributed by atoms with E-state index >= 15 is 0 Å². The lowest BCUT2D eigenvalue weighted by Crippen LogP contribution is -2.02. The second kappa shape index (κ2) is 4.92. The van der Waals surface area contributed by atoms with Gasteiger partial charge in [0.1, 0.15) is 21.5 Å². The van der Waals surface area contributed by atoms with Crippen molar-refractivity contribution in [3.8, 4) is 0 Å². The Kier molecular flexibility index (Phi) is 3.77. The van der Waals surface area contributed by atoms with Crippen LogP contribution < -0.4 is 0 Å². The molecule has 1 atom stereocenters. The molecule has 19 heavy (non-hydrogen) atoms. The summed E-state index contributed by atoms with van der Waals surface area (Å²) in [7, 11) is 3.21. The van der Waals surface area contributed by atoms with Crippen LogP contribution in [0.25, 0.3) is 11.0 Å². The number of nitrogens with zero attached hydrogens (tertiary/aromatic N) is 3. The number of aryl methyl sites for hydroxylation is 1. The van der Waals surface area contributed by atoms with E-state index in [2.05, 4.69) is 9.97 Å². The monoisotopic (exact) mass is 321 g/mol. The number of hydrogen-bond donors (Lipinski definition) is 0. The lowest BCUT2D eigenvalue weighted by atomic mass is 10.1. The van der Waals surface area contributed by atoms with Gasteiger partial charge in [-0.05, 0) is 6.42 Å². The van der Waals surface area contributed by atoms with Crippen LogP contribution in [0.3, 0.4) is 0 Å². The van der Waals surface area contributed by atoms with E-state index in [4.69, 9.17) is 22.3 Å². The maximum Gasteiger partial charge on any atom is 0.263 e. The molecule has 2 aromatic rings. The molecule has 0 aliphatic heterocycles. The Balaban J connectivity index is 2.82. The molecule has 0 unspecified atom stereocenters. The summed E-state index contributed by atoms with van der Waals surface area (Å²) in [5, 5.41) is 0.381. The van der Waals surface area contributed by atoms with Gasteiger partial charge in [-0.3, -0.25) is 0 Å². The molecule has 0 aromatic carbocycles. The molecule has 104 valence electrons. The van der Waals surface area contributed by atoms with Crippen LogP contribution in [0.5, 0.6) is 0 Å². The zero-order chi connectivity index (χ0) is 14.4. The van der Waals surface area contributed by atoms with E-state index in [9.17, 15) is 8.42 Å². The van der Waals surface area contributed by atoms with Crippen LogP contribution >= 0.6 is 22.3 Å². The van der Waals surface area contributed by atoms with E-state index in [0.717, 1.165) is 6.42 Å². The van der Waals surface area contributed by atoms with Gasteiger partial charge >= 0.3 is 0 Å². The number of fused-ring (bicyclic) bond motifs is 1. The highest BCUT2D eigenvalue weighted by atomic mass is 35.7. The van der Waals surface area contributed by atoms with Crippen molar-refractivity contribution in [3.63, 3.8) is 0 Å². The second-order valence-corrected chi connectivity index (χ2v) is 7.31. The van der Waals surface area contributed by atoms with Crippen molar-refractivity contribution >= 4 is 42.4 Å². The number of aromatic nitrogens is 3. The fourth-order valence-corrected chi connectivity index (χ4v) is 3.19. The molecular formula is C11H13Cl2N3O2S. The maximum absolute atomic E-state index is 11.5. The molecule has 0 saturated heterocycles. The molecule has 0 amide bonds. The Morgan fingerprint density at radius 2 is 2.05 bits per heavy atom. The zero-order valence-electron chi connectivity index (χ0n) is 10.7. The van der Waals surface area contributed by atoms with Crippen LogP contribution in [0.2, 0.25) is 5.15 Å². The van der Waals surface area contributed by atoms with Gasteiger partial charge in [-0.1, -0.05) is 25.4 Å². The lowest BCUT2D eigenvalue weighted by Gasteiger charge is -2.08. The molecule has 0 radical (unpaired) electrons. The third kappa shape index (κ3) is 2.57. The Hall–Kier alpha value is -0.850. The average molecular weight is 322 g/mol. The first-order valence-electron chi connectivity index (χ1n) is 5.72. The summed E-state index contributed by atoms with van der Waals surface area (Å²) < 4.78 is 24.6. The summed E-state index contributed by atoms with van der Waals surface area (Å²) in [6.07, 6.45) is 2.26. The van der Waals surface area contributed by atoms with Gasteiger partial charge in [0, 0.05) is 29.8 Å². The number of rotatable bonds is 3. The second-order valence-electron chi connectivity index (χ2n) is 4.42. The molecule has 0 aliphatic carbocycles. The number of halogens is 2. The maximum atomic E-state index is 11.5. The fourth-order valence-electron chi connectivity index (χ4n) is 1.79. The topological polar surface area (TPSA) is 64.8 Å². The Labute approximate surface area is 121 Å². The van der Waals surface area contributed by atoms with Gasteiger partial charge in [0.15, 0.2) is 0 Å². The molecule has 0 N–H and O–H groups in total.